The van der Waals surface area contributed by atoms with Gasteiger partial charge in [0.15, 0.2) is 0 Å². The van der Waals surface area contributed by atoms with Crippen LogP contribution in [0.25, 0.3) is 0 Å². The molecule has 0 radical (unpaired) electrons. The highest BCUT2D eigenvalue weighted by Crippen LogP contribution is 2.28. The first-order valence-corrected chi connectivity index (χ1v) is 8.25. The Kier molecular flexibility index (Phi) is 6.50. The molecular weight excluding hydrogens is 222 g/mol. The van der Waals surface area contributed by atoms with Gasteiger partial charge >= 0.3 is 0 Å². The van der Waals surface area contributed by atoms with Gasteiger partial charge in [0.2, 0.25) is 0 Å². The summed E-state index contributed by atoms with van der Waals surface area (Å²) in [5.74, 6) is 0.975. The van der Waals surface area contributed by atoms with E-state index in [0.717, 1.165) is 18.5 Å². The molecule has 2 aliphatic rings. The van der Waals surface area contributed by atoms with E-state index in [-0.39, 0.29) is 0 Å². The predicted molar refractivity (Wildman–Crippen MR) is 76.7 cm³/mol. The summed E-state index contributed by atoms with van der Waals surface area (Å²) in [4.78, 5) is 2.59. The Bertz CT molecular complexity index is 207. The van der Waals surface area contributed by atoms with Crippen LogP contribution in [0.5, 0.6) is 0 Å². The molecule has 2 nitrogen and oxygen atoms in total. The van der Waals surface area contributed by atoms with Crippen molar-refractivity contribution in [2.45, 2.75) is 76.7 Å². The number of aliphatic hydroxyl groups excluding tert-OH is 1. The van der Waals surface area contributed by atoms with Gasteiger partial charge in [0.25, 0.3) is 0 Å². The Morgan fingerprint density at radius 1 is 0.778 bits per heavy atom. The van der Waals surface area contributed by atoms with E-state index in [4.69, 9.17) is 0 Å². The summed E-state index contributed by atoms with van der Waals surface area (Å²) in [5, 5.41) is 9.26. The van der Waals surface area contributed by atoms with E-state index < -0.39 is 0 Å². The van der Waals surface area contributed by atoms with Crippen LogP contribution in [-0.4, -0.2) is 35.7 Å². The Hall–Kier alpha value is -0.0800. The Morgan fingerprint density at radius 3 is 2.00 bits per heavy atom. The number of hydrogen-bond donors (Lipinski definition) is 1. The van der Waals surface area contributed by atoms with E-state index in [1.165, 1.54) is 77.2 Å². The fourth-order valence-corrected chi connectivity index (χ4v) is 3.88. The van der Waals surface area contributed by atoms with E-state index >= 15 is 0 Å². The molecule has 18 heavy (non-hydrogen) atoms. The first-order valence-electron chi connectivity index (χ1n) is 8.25. The largest absolute Gasteiger partial charge is 0.395 e. The molecule has 1 N–H and O–H groups in total. The topological polar surface area (TPSA) is 23.5 Å². The highest BCUT2D eigenvalue weighted by atomic mass is 16.3. The molecule has 0 saturated heterocycles. The van der Waals surface area contributed by atoms with Crippen molar-refractivity contribution in [3.63, 3.8) is 0 Å². The third-order valence-corrected chi connectivity index (χ3v) is 5.03. The number of rotatable bonds is 6. The Labute approximate surface area is 113 Å². The van der Waals surface area contributed by atoms with E-state index in [1.54, 1.807) is 0 Å². The van der Waals surface area contributed by atoms with Gasteiger partial charge in [-0.1, -0.05) is 51.4 Å². The van der Waals surface area contributed by atoms with Crippen molar-refractivity contribution in [3.05, 3.63) is 0 Å². The fourth-order valence-electron chi connectivity index (χ4n) is 3.88. The van der Waals surface area contributed by atoms with Crippen LogP contribution in [0.15, 0.2) is 0 Å². The predicted octanol–water partition coefficient (Wildman–Crippen LogP) is 3.58. The summed E-state index contributed by atoms with van der Waals surface area (Å²) in [7, 11) is 0. The molecule has 0 unspecified atom stereocenters. The minimum atomic E-state index is 0.334. The maximum absolute atomic E-state index is 9.26. The molecular formula is C16H31NO. The fraction of sp³-hybridized carbons (Fsp3) is 1.00. The SMILES string of the molecule is OCCN(CCC1CCCCC1)C1CCCCC1. The summed E-state index contributed by atoms with van der Waals surface area (Å²) in [6, 6.07) is 0.773. The minimum absolute atomic E-state index is 0.334. The van der Waals surface area contributed by atoms with Gasteiger partial charge in [0.05, 0.1) is 6.61 Å². The lowest BCUT2D eigenvalue weighted by Gasteiger charge is -2.35. The van der Waals surface area contributed by atoms with E-state index in [2.05, 4.69) is 4.90 Å². The first-order chi connectivity index (χ1) is 8.90. The third kappa shape index (κ3) is 4.55. The molecule has 0 aromatic heterocycles. The molecule has 0 bridgehead atoms. The number of nitrogens with zero attached hydrogens (tertiary/aromatic N) is 1. The van der Waals surface area contributed by atoms with Crippen molar-refractivity contribution < 1.29 is 5.11 Å². The lowest BCUT2D eigenvalue weighted by molar-refractivity contribution is 0.113. The zero-order valence-electron chi connectivity index (χ0n) is 11.9. The monoisotopic (exact) mass is 253 g/mol. The normalized spacial score (nSPS) is 23.7. The van der Waals surface area contributed by atoms with Gasteiger partial charge in [-0.15, -0.1) is 0 Å². The van der Waals surface area contributed by atoms with Crippen molar-refractivity contribution in [1.82, 2.24) is 4.90 Å². The zero-order valence-corrected chi connectivity index (χ0v) is 11.9. The van der Waals surface area contributed by atoms with Crippen LogP contribution >= 0.6 is 0 Å². The summed E-state index contributed by atoms with van der Waals surface area (Å²) in [6.45, 7) is 2.47. The number of aliphatic hydroxyl groups is 1. The molecule has 2 aliphatic carbocycles. The van der Waals surface area contributed by atoms with Crippen molar-refractivity contribution in [1.29, 1.82) is 0 Å². The first kappa shape index (κ1) is 14.3. The lowest BCUT2D eigenvalue weighted by atomic mass is 9.86. The standard InChI is InChI=1S/C16H31NO/c18-14-13-17(16-9-5-2-6-10-16)12-11-15-7-3-1-4-8-15/h15-16,18H,1-14H2. The van der Waals surface area contributed by atoms with Crippen LogP contribution in [0.2, 0.25) is 0 Å². The second-order valence-corrected chi connectivity index (χ2v) is 6.34. The van der Waals surface area contributed by atoms with E-state index in [0.29, 0.717) is 6.61 Å². The Morgan fingerprint density at radius 2 is 1.39 bits per heavy atom. The quantitative estimate of drug-likeness (QED) is 0.782. The molecule has 0 heterocycles. The van der Waals surface area contributed by atoms with Crippen molar-refractivity contribution in [3.8, 4) is 0 Å². The van der Waals surface area contributed by atoms with Crippen LogP contribution in [-0.2, 0) is 0 Å². The van der Waals surface area contributed by atoms with Crippen LogP contribution in [0, 0.1) is 5.92 Å². The molecule has 0 aliphatic heterocycles. The molecule has 0 aromatic carbocycles. The molecule has 106 valence electrons. The van der Waals surface area contributed by atoms with Gasteiger partial charge in [-0.3, -0.25) is 4.90 Å². The summed E-state index contributed by atoms with van der Waals surface area (Å²) < 4.78 is 0. The molecule has 2 rings (SSSR count). The molecule has 2 heteroatoms. The number of hydrogen-bond acceptors (Lipinski definition) is 2. The van der Waals surface area contributed by atoms with E-state index in [1.807, 2.05) is 0 Å². The summed E-state index contributed by atoms with van der Waals surface area (Å²) in [5.41, 5.74) is 0. The molecule has 0 aromatic rings. The third-order valence-electron chi connectivity index (χ3n) is 5.03. The van der Waals surface area contributed by atoms with Crippen molar-refractivity contribution in [2.75, 3.05) is 19.7 Å². The second kappa shape index (κ2) is 8.16. The van der Waals surface area contributed by atoms with E-state index in [9.17, 15) is 5.11 Å². The minimum Gasteiger partial charge on any atom is -0.395 e. The summed E-state index contributed by atoms with van der Waals surface area (Å²) in [6.07, 6.45) is 15.6. The smallest absolute Gasteiger partial charge is 0.0558 e. The highest BCUT2D eigenvalue weighted by molar-refractivity contribution is 4.77. The molecule has 2 saturated carbocycles. The molecule has 0 amide bonds. The summed E-state index contributed by atoms with van der Waals surface area (Å²) >= 11 is 0. The Balaban J connectivity index is 1.73. The van der Waals surface area contributed by atoms with Gasteiger partial charge in [-0.25, -0.2) is 0 Å². The molecule has 0 atom stereocenters. The highest BCUT2D eigenvalue weighted by Gasteiger charge is 2.22. The van der Waals surface area contributed by atoms with Crippen LogP contribution in [0.3, 0.4) is 0 Å². The molecule has 2 fully saturated rings. The maximum Gasteiger partial charge on any atom is 0.0558 e. The van der Waals surface area contributed by atoms with Crippen molar-refractivity contribution >= 4 is 0 Å². The van der Waals surface area contributed by atoms with Crippen LogP contribution in [0.4, 0.5) is 0 Å². The van der Waals surface area contributed by atoms with Crippen LogP contribution < -0.4 is 0 Å². The van der Waals surface area contributed by atoms with Gasteiger partial charge < -0.3 is 5.11 Å². The van der Waals surface area contributed by atoms with Gasteiger partial charge in [-0.05, 0) is 31.7 Å². The lowest BCUT2D eigenvalue weighted by Crippen LogP contribution is -2.40. The average Bonchev–Trinajstić information content (AvgIpc) is 2.45. The van der Waals surface area contributed by atoms with Gasteiger partial charge in [0, 0.05) is 12.6 Å². The van der Waals surface area contributed by atoms with Crippen LogP contribution in [0.1, 0.15) is 70.6 Å². The van der Waals surface area contributed by atoms with Gasteiger partial charge in [-0.2, -0.15) is 0 Å². The average molecular weight is 253 g/mol. The second-order valence-electron chi connectivity index (χ2n) is 6.34. The van der Waals surface area contributed by atoms with Gasteiger partial charge in [0.1, 0.15) is 0 Å². The van der Waals surface area contributed by atoms with Crippen molar-refractivity contribution in [2.24, 2.45) is 5.92 Å². The molecule has 0 spiro atoms. The zero-order chi connectivity index (χ0) is 12.6. The maximum atomic E-state index is 9.26.